The van der Waals surface area contributed by atoms with E-state index in [0.717, 1.165) is 31.9 Å². The predicted octanol–water partition coefficient (Wildman–Crippen LogP) is 5.93. The van der Waals surface area contributed by atoms with Gasteiger partial charge in [-0.3, -0.25) is 4.90 Å². The summed E-state index contributed by atoms with van der Waals surface area (Å²) in [5.41, 5.74) is 4.19. The first-order chi connectivity index (χ1) is 14.1. The normalized spacial score (nSPS) is 17.1. The summed E-state index contributed by atoms with van der Waals surface area (Å²) in [6.07, 6.45) is 0. The smallest absolute Gasteiger partial charge is 0.0991 e. The molecule has 1 aliphatic rings. The first-order valence-corrected chi connectivity index (χ1v) is 10.4. The van der Waals surface area contributed by atoms with Crippen molar-refractivity contribution >= 4 is 28.9 Å². The molecule has 29 heavy (non-hydrogen) atoms. The maximum absolute atomic E-state index is 9.00. The van der Waals surface area contributed by atoms with Gasteiger partial charge in [-0.15, -0.1) is 0 Å². The molecule has 0 N–H and O–H groups in total. The van der Waals surface area contributed by atoms with Crippen LogP contribution in [0.1, 0.15) is 22.7 Å². The fourth-order valence-corrected chi connectivity index (χ4v) is 4.41. The summed E-state index contributed by atoms with van der Waals surface area (Å²) in [5.74, 6) is 0. The Balaban J connectivity index is 1.59. The molecule has 0 unspecified atom stereocenters. The minimum Gasteiger partial charge on any atom is -0.361 e. The standard InChI is InChI=1S/C24H21Cl2N3/c25-21-10-11-23(22(26)14-21)29-13-12-28(16-19-8-6-18(15-27)7-9-19)17-24(29)20-4-2-1-3-5-20/h1-11,14,24H,12-13,16-17H2/t24-/m0/s1. The van der Waals surface area contributed by atoms with Crippen molar-refractivity contribution in [3.05, 3.63) is 99.5 Å². The highest BCUT2D eigenvalue weighted by molar-refractivity contribution is 6.36. The van der Waals surface area contributed by atoms with E-state index in [1.807, 2.05) is 48.5 Å². The van der Waals surface area contributed by atoms with Gasteiger partial charge in [0.1, 0.15) is 0 Å². The largest absolute Gasteiger partial charge is 0.361 e. The number of anilines is 1. The second-order valence-corrected chi connectivity index (χ2v) is 8.10. The summed E-state index contributed by atoms with van der Waals surface area (Å²) < 4.78 is 0. The Morgan fingerprint density at radius 3 is 2.38 bits per heavy atom. The minimum atomic E-state index is 0.196. The predicted molar refractivity (Wildman–Crippen MR) is 119 cm³/mol. The van der Waals surface area contributed by atoms with Crippen LogP contribution in [-0.4, -0.2) is 24.5 Å². The van der Waals surface area contributed by atoms with Crippen molar-refractivity contribution in [2.45, 2.75) is 12.6 Å². The number of nitrogens with zero attached hydrogens (tertiary/aromatic N) is 3. The van der Waals surface area contributed by atoms with Crippen molar-refractivity contribution in [2.24, 2.45) is 0 Å². The zero-order valence-corrected chi connectivity index (χ0v) is 17.4. The van der Waals surface area contributed by atoms with Gasteiger partial charge < -0.3 is 4.90 Å². The third kappa shape index (κ3) is 4.57. The minimum absolute atomic E-state index is 0.196. The Bertz CT molecular complexity index is 1010. The van der Waals surface area contributed by atoms with E-state index in [0.29, 0.717) is 15.6 Å². The third-order valence-electron chi connectivity index (χ3n) is 5.36. The summed E-state index contributed by atoms with van der Waals surface area (Å²) >= 11 is 12.7. The maximum atomic E-state index is 9.00. The summed E-state index contributed by atoms with van der Waals surface area (Å²) in [5, 5.41) is 10.3. The van der Waals surface area contributed by atoms with Gasteiger partial charge >= 0.3 is 0 Å². The van der Waals surface area contributed by atoms with E-state index in [9.17, 15) is 0 Å². The Hall–Kier alpha value is -2.51. The number of halogens is 2. The number of hydrogen-bond donors (Lipinski definition) is 0. The average molecular weight is 422 g/mol. The van der Waals surface area contributed by atoms with E-state index in [1.165, 1.54) is 11.1 Å². The second-order valence-electron chi connectivity index (χ2n) is 7.26. The summed E-state index contributed by atoms with van der Waals surface area (Å²) in [6.45, 7) is 3.56. The maximum Gasteiger partial charge on any atom is 0.0991 e. The van der Waals surface area contributed by atoms with Gasteiger partial charge in [-0.05, 0) is 41.5 Å². The zero-order chi connectivity index (χ0) is 20.2. The van der Waals surface area contributed by atoms with Crippen molar-refractivity contribution in [3.8, 4) is 6.07 Å². The molecule has 1 heterocycles. The van der Waals surface area contributed by atoms with Crippen LogP contribution in [0.15, 0.2) is 72.8 Å². The van der Waals surface area contributed by atoms with Crippen molar-refractivity contribution in [1.29, 1.82) is 5.26 Å². The van der Waals surface area contributed by atoms with E-state index in [4.69, 9.17) is 28.5 Å². The number of hydrogen-bond acceptors (Lipinski definition) is 3. The second kappa shape index (κ2) is 8.88. The Kier molecular flexibility index (Phi) is 6.06. The fraction of sp³-hybridized carbons (Fsp3) is 0.208. The lowest BCUT2D eigenvalue weighted by Gasteiger charge is -2.43. The van der Waals surface area contributed by atoms with E-state index in [1.54, 1.807) is 0 Å². The van der Waals surface area contributed by atoms with E-state index in [2.05, 4.69) is 40.1 Å². The molecule has 0 radical (unpaired) electrons. The Morgan fingerprint density at radius 2 is 1.69 bits per heavy atom. The lowest BCUT2D eigenvalue weighted by Crippen LogP contribution is -2.48. The van der Waals surface area contributed by atoms with E-state index < -0.39 is 0 Å². The quantitative estimate of drug-likeness (QED) is 0.522. The van der Waals surface area contributed by atoms with Crippen LogP contribution in [0.4, 0.5) is 5.69 Å². The highest BCUT2D eigenvalue weighted by atomic mass is 35.5. The van der Waals surface area contributed by atoms with Crippen LogP contribution in [-0.2, 0) is 6.54 Å². The van der Waals surface area contributed by atoms with Gasteiger partial charge in [-0.1, -0.05) is 65.7 Å². The highest BCUT2D eigenvalue weighted by Crippen LogP contribution is 2.36. The molecule has 1 saturated heterocycles. The topological polar surface area (TPSA) is 30.3 Å². The molecule has 0 saturated carbocycles. The van der Waals surface area contributed by atoms with Crippen LogP contribution < -0.4 is 4.90 Å². The number of piperazine rings is 1. The van der Waals surface area contributed by atoms with Gasteiger partial charge in [0, 0.05) is 31.2 Å². The molecular formula is C24H21Cl2N3. The lowest BCUT2D eigenvalue weighted by molar-refractivity contribution is 0.215. The molecule has 1 aliphatic heterocycles. The molecule has 146 valence electrons. The van der Waals surface area contributed by atoms with Gasteiger partial charge in [-0.25, -0.2) is 0 Å². The van der Waals surface area contributed by atoms with Gasteiger partial charge in [0.25, 0.3) is 0 Å². The van der Waals surface area contributed by atoms with Gasteiger partial charge in [0.2, 0.25) is 0 Å². The molecule has 0 aliphatic carbocycles. The molecule has 1 fully saturated rings. The van der Waals surface area contributed by atoms with E-state index >= 15 is 0 Å². The molecule has 5 heteroatoms. The zero-order valence-electron chi connectivity index (χ0n) is 15.9. The number of benzene rings is 3. The molecule has 3 aromatic rings. The van der Waals surface area contributed by atoms with Gasteiger partial charge in [-0.2, -0.15) is 5.26 Å². The first kappa shape index (κ1) is 19.8. The summed E-state index contributed by atoms with van der Waals surface area (Å²) in [6, 6.07) is 26.5. The lowest BCUT2D eigenvalue weighted by atomic mass is 10.0. The monoisotopic (exact) mass is 421 g/mol. The Morgan fingerprint density at radius 1 is 0.931 bits per heavy atom. The number of rotatable bonds is 4. The SMILES string of the molecule is N#Cc1ccc(CN2CCN(c3ccc(Cl)cc3Cl)[C@H](c3ccccc3)C2)cc1. The molecule has 3 aromatic carbocycles. The van der Waals surface area contributed by atoms with Crippen molar-refractivity contribution in [2.75, 3.05) is 24.5 Å². The third-order valence-corrected chi connectivity index (χ3v) is 5.90. The molecule has 0 aromatic heterocycles. The molecule has 4 rings (SSSR count). The Labute approximate surface area is 181 Å². The van der Waals surface area contributed by atoms with Crippen molar-refractivity contribution in [3.63, 3.8) is 0 Å². The molecule has 1 atom stereocenters. The molecular weight excluding hydrogens is 401 g/mol. The summed E-state index contributed by atoms with van der Waals surface area (Å²) in [7, 11) is 0. The average Bonchev–Trinajstić information content (AvgIpc) is 2.75. The van der Waals surface area contributed by atoms with Crippen molar-refractivity contribution in [1.82, 2.24) is 4.90 Å². The highest BCUT2D eigenvalue weighted by Gasteiger charge is 2.29. The van der Waals surface area contributed by atoms with Crippen LogP contribution in [0.25, 0.3) is 0 Å². The van der Waals surface area contributed by atoms with Gasteiger partial charge in [0.15, 0.2) is 0 Å². The molecule has 3 nitrogen and oxygen atoms in total. The van der Waals surface area contributed by atoms with Crippen LogP contribution in [0.2, 0.25) is 10.0 Å². The molecule has 0 amide bonds. The number of nitriles is 1. The van der Waals surface area contributed by atoms with Gasteiger partial charge in [0.05, 0.1) is 28.4 Å². The van der Waals surface area contributed by atoms with Crippen LogP contribution in [0.5, 0.6) is 0 Å². The van der Waals surface area contributed by atoms with Crippen LogP contribution >= 0.6 is 23.2 Å². The van der Waals surface area contributed by atoms with E-state index in [-0.39, 0.29) is 6.04 Å². The fourth-order valence-electron chi connectivity index (χ4n) is 3.89. The molecule has 0 bridgehead atoms. The first-order valence-electron chi connectivity index (χ1n) is 9.62. The van der Waals surface area contributed by atoms with Crippen LogP contribution in [0, 0.1) is 11.3 Å². The van der Waals surface area contributed by atoms with Crippen molar-refractivity contribution < 1.29 is 0 Å². The molecule has 0 spiro atoms. The van der Waals surface area contributed by atoms with Crippen LogP contribution in [0.3, 0.4) is 0 Å². The summed E-state index contributed by atoms with van der Waals surface area (Å²) in [4.78, 5) is 4.84.